The first-order valence-electron chi connectivity index (χ1n) is 5.07. The quantitative estimate of drug-likeness (QED) is 0.869. The zero-order chi connectivity index (χ0) is 15.6. The zero-order valence-corrected chi connectivity index (χ0v) is 9.63. The van der Waals surface area contributed by atoms with E-state index in [2.05, 4.69) is 4.74 Å². The van der Waals surface area contributed by atoms with Crippen molar-refractivity contribution in [2.24, 2.45) is 0 Å². The Kier molecular flexibility index (Phi) is 4.33. The van der Waals surface area contributed by atoms with Gasteiger partial charge in [-0.1, -0.05) is 30.3 Å². The predicted octanol–water partition coefficient (Wildman–Crippen LogP) is 3.15. The first kappa shape index (κ1) is 16.3. The van der Waals surface area contributed by atoms with Gasteiger partial charge in [0.2, 0.25) is 0 Å². The molecule has 0 atom stereocenters. The van der Waals surface area contributed by atoms with Crippen molar-refractivity contribution >= 4 is 5.97 Å². The van der Waals surface area contributed by atoms with Gasteiger partial charge in [-0.05, 0) is 5.56 Å². The SMILES string of the molecule is O=C(O)C(OCc1ccccc1)(C(F)(F)F)C(F)(F)F. The third kappa shape index (κ3) is 2.87. The van der Waals surface area contributed by atoms with Crippen LogP contribution in [0.5, 0.6) is 0 Å². The molecule has 0 aliphatic heterocycles. The van der Waals surface area contributed by atoms with Crippen molar-refractivity contribution < 1.29 is 41.0 Å². The van der Waals surface area contributed by atoms with Crippen LogP contribution in [0, 0.1) is 0 Å². The van der Waals surface area contributed by atoms with Gasteiger partial charge in [0, 0.05) is 0 Å². The van der Waals surface area contributed by atoms with Crippen molar-refractivity contribution in [1.82, 2.24) is 0 Å². The van der Waals surface area contributed by atoms with Crippen molar-refractivity contribution in [3.63, 3.8) is 0 Å². The molecule has 0 aliphatic rings. The maximum atomic E-state index is 12.6. The Labute approximate surface area is 108 Å². The second-order valence-corrected chi connectivity index (χ2v) is 3.76. The fourth-order valence-electron chi connectivity index (χ4n) is 1.39. The largest absolute Gasteiger partial charge is 0.479 e. The normalized spacial score (nSPS) is 13.3. The van der Waals surface area contributed by atoms with E-state index in [0.29, 0.717) is 0 Å². The van der Waals surface area contributed by atoms with Crippen LogP contribution in [0.25, 0.3) is 0 Å². The number of aliphatic carboxylic acids is 1. The number of carboxylic acids is 1. The van der Waals surface area contributed by atoms with E-state index < -0.39 is 30.5 Å². The molecule has 1 aromatic rings. The number of halogens is 6. The fraction of sp³-hybridized carbons (Fsp3) is 0.364. The fourth-order valence-corrected chi connectivity index (χ4v) is 1.39. The highest BCUT2D eigenvalue weighted by Crippen LogP contribution is 2.46. The Morgan fingerprint density at radius 3 is 1.80 bits per heavy atom. The molecule has 3 nitrogen and oxygen atoms in total. The molecule has 0 amide bonds. The monoisotopic (exact) mass is 302 g/mol. The van der Waals surface area contributed by atoms with Crippen molar-refractivity contribution in [3.8, 4) is 0 Å². The van der Waals surface area contributed by atoms with E-state index >= 15 is 0 Å². The van der Waals surface area contributed by atoms with Crippen LogP contribution < -0.4 is 0 Å². The number of hydrogen-bond acceptors (Lipinski definition) is 2. The molecule has 0 saturated carbocycles. The van der Waals surface area contributed by atoms with Crippen LogP contribution in [0.2, 0.25) is 0 Å². The summed E-state index contributed by atoms with van der Waals surface area (Å²) in [5, 5.41) is 8.41. The lowest BCUT2D eigenvalue weighted by atomic mass is 10.0. The Morgan fingerprint density at radius 2 is 1.45 bits per heavy atom. The Bertz CT molecular complexity index is 451. The average molecular weight is 302 g/mol. The standard InChI is InChI=1S/C11H8F6O3/c12-10(13,14)9(8(18)19,11(15,16)17)20-6-7-4-2-1-3-5-7/h1-5H,6H2,(H,18,19). The van der Waals surface area contributed by atoms with Gasteiger partial charge in [-0.15, -0.1) is 0 Å². The highest BCUT2D eigenvalue weighted by molar-refractivity contribution is 5.80. The van der Waals surface area contributed by atoms with Gasteiger partial charge >= 0.3 is 23.9 Å². The summed E-state index contributed by atoms with van der Waals surface area (Å²) in [6.07, 6.45) is -12.3. The second-order valence-electron chi connectivity index (χ2n) is 3.76. The van der Waals surface area contributed by atoms with E-state index in [1.165, 1.54) is 30.3 Å². The van der Waals surface area contributed by atoms with Crippen molar-refractivity contribution in [3.05, 3.63) is 35.9 Å². The smallest absolute Gasteiger partial charge is 0.437 e. The molecule has 0 heterocycles. The summed E-state index contributed by atoms with van der Waals surface area (Å²) in [4.78, 5) is 10.6. The van der Waals surface area contributed by atoms with Gasteiger partial charge in [-0.2, -0.15) is 26.3 Å². The Morgan fingerprint density at radius 1 is 1.00 bits per heavy atom. The third-order valence-electron chi connectivity index (χ3n) is 2.40. The van der Waals surface area contributed by atoms with E-state index in [0.717, 1.165) is 0 Å². The number of rotatable bonds is 4. The summed E-state index contributed by atoms with van der Waals surface area (Å²) >= 11 is 0. The van der Waals surface area contributed by atoms with Gasteiger partial charge in [0.05, 0.1) is 6.61 Å². The molecule has 1 aromatic carbocycles. The van der Waals surface area contributed by atoms with Crippen LogP contribution in [0.15, 0.2) is 30.3 Å². The molecular formula is C11H8F6O3. The summed E-state index contributed by atoms with van der Waals surface area (Å²) in [5.41, 5.74) is -5.28. The Hall–Kier alpha value is -1.77. The maximum Gasteiger partial charge on any atom is 0.437 e. The number of hydrogen-bond donors (Lipinski definition) is 1. The van der Waals surface area contributed by atoms with Gasteiger partial charge in [-0.3, -0.25) is 0 Å². The molecule has 112 valence electrons. The lowest BCUT2D eigenvalue weighted by Crippen LogP contribution is -2.64. The van der Waals surface area contributed by atoms with E-state index in [4.69, 9.17) is 5.11 Å². The van der Waals surface area contributed by atoms with Gasteiger partial charge in [0.15, 0.2) is 0 Å². The molecule has 9 heteroatoms. The summed E-state index contributed by atoms with van der Waals surface area (Å²) in [7, 11) is 0. The van der Waals surface area contributed by atoms with Crippen LogP contribution in [-0.2, 0) is 16.1 Å². The molecule has 1 rings (SSSR count). The lowest BCUT2D eigenvalue weighted by molar-refractivity contribution is -0.370. The number of benzene rings is 1. The molecule has 0 radical (unpaired) electrons. The summed E-state index contributed by atoms with van der Waals surface area (Å²) in [6.45, 7) is -1.15. The van der Waals surface area contributed by atoms with Crippen LogP contribution in [0.4, 0.5) is 26.3 Å². The molecule has 0 aliphatic carbocycles. The van der Waals surface area contributed by atoms with Gasteiger partial charge in [-0.25, -0.2) is 4.79 Å². The molecule has 0 fully saturated rings. The molecule has 0 bridgehead atoms. The Balaban J connectivity index is 3.15. The van der Waals surface area contributed by atoms with E-state index in [9.17, 15) is 31.1 Å². The van der Waals surface area contributed by atoms with E-state index in [1.54, 1.807) is 0 Å². The summed E-state index contributed by atoms with van der Waals surface area (Å²) in [6, 6.07) is 6.63. The molecule has 0 aromatic heterocycles. The van der Waals surface area contributed by atoms with Crippen molar-refractivity contribution in [2.75, 3.05) is 0 Å². The maximum absolute atomic E-state index is 12.6. The second kappa shape index (κ2) is 5.31. The van der Waals surface area contributed by atoms with Gasteiger partial charge in [0.25, 0.3) is 0 Å². The summed E-state index contributed by atoms with van der Waals surface area (Å²) < 4.78 is 79.3. The minimum absolute atomic E-state index is 0.0216. The zero-order valence-electron chi connectivity index (χ0n) is 9.63. The molecule has 0 spiro atoms. The molecule has 0 saturated heterocycles. The minimum Gasteiger partial charge on any atom is -0.479 e. The number of carboxylic acid groups (broad SMARTS) is 1. The average Bonchev–Trinajstić information content (AvgIpc) is 2.26. The first-order chi connectivity index (χ1) is 9.02. The van der Waals surface area contributed by atoms with Crippen LogP contribution in [0.1, 0.15) is 5.56 Å². The highest BCUT2D eigenvalue weighted by Gasteiger charge is 2.78. The first-order valence-corrected chi connectivity index (χ1v) is 5.07. The van der Waals surface area contributed by atoms with E-state index in [-0.39, 0.29) is 5.56 Å². The number of alkyl halides is 6. The molecule has 1 N–H and O–H groups in total. The van der Waals surface area contributed by atoms with Crippen LogP contribution in [0.3, 0.4) is 0 Å². The molecule has 20 heavy (non-hydrogen) atoms. The van der Waals surface area contributed by atoms with Crippen molar-refractivity contribution in [2.45, 2.75) is 24.6 Å². The lowest BCUT2D eigenvalue weighted by Gasteiger charge is -2.33. The number of ether oxygens (including phenoxy) is 1. The summed E-state index contributed by atoms with van der Waals surface area (Å²) in [5.74, 6) is -3.16. The molecular weight excluding hydrogens is 294 g/mol. The van der Waals surface area contributed by atoms with E-state index in [1.807, 2.05) is 0 Å². The predicted molar refractivity (Wildman–Crippen MR) is 53.7 cm³/mol. The third-order valence-corrected chi connectivity index (χ3v) is 2.40. The van der Waals surface area contributed by atoms with Crippen molar-refractivity contribution in [1.29, 1.82) is 0 Å². The minimum atomic E-state index is -6.15. The molecule has 0 unspecified atom stereocenters. The van der Waals surface area contributed by atoms with Crippen LogP contribution >= 0.6 is 0 Å². The highest BCUT2D eigenvalue weighted by atomic mass is 19.4. The number of carbonyl (C=O) groups is 1. The topological polar surface area (TPSA) is 46.5 Å². The van der Waals surface area contributed by atoms with Crippen LogP contribution in [-0.4, -0.2) is 29.0 Å². The van der Waals surface area contributed by atoms with Gasteiger partial charge < -0.3 is 9.84 Å². The van der Waals surface area contributed by atoms with Gasteiger partial charge in [0.1, 0.15) is 0 Å².